The predicted octanol–water partition coefficient (Wildman–Crippen LogP) is 4.36. The Morgan fingerprint density at radius 1 is 1.14 bits per heavy atom. The van der Waals surface area contributed by atoms with Gasteiger partial charge < -0.3 is 20.3 Å². The molecule has 0 aliphatic rings. The number of carbonyl (C=O) groups excluding carboxylic acids is 1. The normalized spacial score (nSPS) is 13.2. The van der Waals surface area contributed by atoms with E-state index in [2.05, 4.69) is 10.4 Å². The Hall–Kier alpha value is -3.72. The fourth-order valence-corrected chi connectivity index (χ4v) is 3.57. The molecule has 36 heavy (non-hydrogen) atoms. The number of hydrogen-bond acceptors (Lipinski definition) is 5. The molecule has 0 saturated carbocycles. The first-order valence-corrected chi connectivity index (χ1v) is 11.6. The SMILES string of the molecule is Cc1ccc(C)c([C@H](CC(=O)O)NC(=O)c2cc(OC[C@H](O)C(C)(C)C)n(-c3ccccc3F)n2)c1. The molecule has 0 aliphatic heterocycles. The van der Waals surface area contributed by atoms with Crippen molar-refractivity contribution >= 4 is 11.9 Å². The third-order valence-electron chi connectivity index (χ3n) is 5.87. The fourth-order valence-electron chi connectivity index (χ4n) is 3.57. The number of amides is 1. The number of halogens is 1. The fraction of sp³-hybridized carbons (Fsp3) is 0.370. The highest BCUT2D eigenvalue weighted by Gasteiger charge is 2.26. The predicted molar refractivity (Wildman–Crippen MR) is 133 cm³/mol. The van der Waals surface area contributed by atoms with Gasteiger partial charge in [0.2, 0.25) is 5.88 Å². The van der Waals surface area contributed by atoms with E-state index in [0.29, 0.717) is 5.56 Å². The van der Waals surface area contributed by atoms with Gasteiger partial charge in [0.05, 0.1) is 18.6 Å². The molecular weight excluding hydrogens is 465 g/mol. The van der Waals surface area contributed by atoms with E-state index in [1.54, 1.807) is 6.07 Å². The molecular formula is C27H32FN3O5. The summed E-state index contributed by atoms with van der Waals surface area (Å²) in [6.45, 7) is 9.18. The molecule has 1 heterocycles. The summed E-state index contributed by atoms with van der Waals surface area (Å²) < 4.78 is 21.5. The summed E-state index contributed by atoms with van der Waals surface area (Å²) >= 11 is 0. The molecule has 0 radical (unpaired) electrons. The second-order valence-electron chi connectivity index (χ2n) is 9.91. The topological polar surface area (TPSA) is 114 Å². The lowest BCUT2D eigenvalue weighted by molar-refractivity contribution is -0.137. The van der Waals surface area contributed by atoms with Crippen LogP contribution in [-0.4, -0.2) is 44.6 Å². The summed E-state index contributed by atoms with van der Waals surface area (Å²) in [5.74, 6) is -2.22. The minimum absolute atomic E-state index is 0.0633. The van der Waals surface area contributed by atoms with Crippen molar-refractivity contribution in [2.45, 2.75) is 53.2 Å². The smallest absolute Gasteiger partial charge is 0.305 e. The van der Waals surface area contributed by atoms with Crippen LogP contribution in [0.1, 0.15) is 60.4 Å². The zero-order valence-corrected chi connectivity index (χ0v) is 21.1. The van der Waals surface area contributed by atoms with Crippen molar-refractivity contribution < 1.29 is 28.9 Å². The number of carboxylic acid groups (broad SMARTS) is 1. The molecule has 3 aromatic rings. The molecule has 0 spiro atoms. The number of rotatable bonds is 9. The second-order valence-corrected chi connectivity index (χ2v) is 9.91. The van der Waals surface area contributed by atoms with Crippen molar-refractivity contribution in [1.82, 2.24) is 15.1 Å². The molecule has 1 amide bonds. The number of carbonyl (C=O) groups is 2. The van der Waals surface area contributed by atoms with E-state index in [1.807, 2.05) is 52.8 Å². The number of aryl methyl sites for hydroxylation is 2. The Bertz CT molecular complexity index is 1250. The maximum atomic E-state index is 14.6. The van der Waals surface area contributed by atoms with E-state index in [0.717, 1.165) is 15.8 Å². The lowest BCUT2D eigenvalue weighted by atomic mass is 9.90. The molecule has 0 saturated heterocycles. The van der Waals surface area contributed by atoms with Gasteiger partial charge in [0, 0.05) is 6.07 Å². The average molecular weight is 498 g/mol. The van der Waals surface area contributed by atoms with Crippen LogP contribution in [-0.2, 0) is 4.79 Å². The van der Waals surface area contributed by atoms with Gasteiger partial charge in [-0.05, 0) is 42.5 Å². The van der Waals surface area contributed by atoms with E-state index in [9.17, 15) is 24.2 Å². The van der Waals surface area contributed by atoms with Crippen LogP contribution in [0.2, 0.25) is 0 Å². The number of carboxylic acids is 1. The zero-order chi connectivity index (χ0) is 26.6. The Morgan fingerprint density at radius 2 is 1.83 bits per heavy atom. The number of ether oxygens (including phenoxy) is 1. The van der Waals surface area contributed by atoms with Crippen LogP contribution in [0.5, 0.6) is 5.88 Å². The lowest BCUT2D eigenvalue weighted by Gasteiger charge is -2.25. The molecule has 3 N–H and O–H groups in total. The van der Waals surface area contributed by atoms with Gasteiger partial charge in [-0.25, -0.2) is 4.39 Å². The molecule has 0 bridgehead atoms. The van der Waals surface area contributed by atoms with E-state index >= 15 is 0 Å². The molecule has 192 valence electrons. The van der Waals surface area contributed by atoms with Crippen LogP contribution in [0.15, 0.2) is 48.5 Å². The van der Waals surface area contributed by atoms with Gasteiger partial charge in [0.25, 0.3) is 5.91 Å². The first-order valence-electron chi connectivity index (χ1n) is 11.6. The largest absolute Gasteiger partial charge is 0.481 e. The molecule has 0 unspecified atom stereocenters. The molecule has 9 heteroatoms. The maximum Gasteiger partial charge on any atom is 0.305 e. The summed E-state index contributed by atoms with van der Waals surface area (Å²) in [7, 11) is 0. The quantitative estimate of drug-likeness (QED) is 0.405. The van der Waals surface area contributed by atoms with Crippen molar-refractivity contribution in [2.75, 3.05) is 6.61 Å². The van der Waals surface area contributed by atoms with Gasteiger partial charge in [-0.1, -0.05) is 56.7 Å². The summed E-state index contributed by atoms with van der Waals surface area (Å²) in [4.78, 5) is 24.8. The van der Waals surface area contributed by atoms with Gasteiger partial charge in [-0.3, -0.25) is 9.59 Å². The minimum atomic E-state index is -1.07. The highest BCUT2D eigenvalue weighted by molar-refractivity contribution is 5.93. The van der Waals surface area contributed by atoms with Gasteiger partial charge >= 0.3 is 5.97 Å². The number of para-hydroxylation sites is 1. The lowest BCUT2D eigenvalue weighted by Crippen LogP contribution is -2.32. The molecule has 3 rings (SSSR count). The maximum absolute atomic E-state index is 14.6. The summed E-state index contributed by atoms with van der Waals surface area (Å²) in [5, 5.41) is 26.8. The first-order chi connectivity index (χ1) is 16.9. The molecule has 8 nitrogen and oxygen atoms in total. The minimum Gasteiger partial charge on any atom is -0.481 e. The van der Waals surface area contributed by atoms with Gasteiger partial charge in [-0.15, -0.1) is 0 Å². The van der Waals surface area contributed by atoms with E-state index in [1.165, 1.54) is 24.3 Å². The number of aliphatic carboxylic acids is 1. The summed E-state index contributed by atoms with van der Waals surface area (Å²) in [5.41, 5.74) is 1.97. The molecule has 2 aromatic carbocycles. The number of aliphatic hydroxyl groups excluding tert-OH is 1. The standard InChI is InChI=1S/C27H32FN3O5/c1-16-10-11-17(2)18(12-16)20(14-25(33)34)29-26(35)21-13-24(36-15-23(32)27(3,4)5)31(30-21)22-9-7-6-8-19(22)28/h6-13,20,23,32H,14-15H2,1-5H3,(H,29,35)(H,33,34)/t20-,23-/m0/s1. The van der Waals surface area contributed by atoms with Crippen molar-refractivity contribution in [3.8, 4) is 11.6 Å². The number of benzene rings is 2. The highest BCUT2D eigenvalue weighted by atomic mass is 19.1. The molecule has 2 atom stereocenters. The number of aliphatic hydroxyl groups is 1. The van der Waals surface area contributed by atoms with E-state index in [4.69, 9.17) is 4.74 Å². The van der Waals surface area contributed by atoms with E-state index in [-0.39, 0.29) is 30.3 Å². The summed E-state index contributed by atoms with van der Waals surface area (Å²) in [6.07, 6.45) is -1.16. The number of aromatic nitrogens is 2. The molecule has 0 fully saturated rings. The van der Waals surface area contributed by atoms with Gasteiger partial charge in [-0.2, -0.15) is 9.78 Å². The van der Waals surface area contributed by atoms with Crippen LogP contribution < -0.4 is 10.1 Å². The van der Waals surface area contributed by atoms with Crippen molar-refractivity contribution in [3.05, 3.63) is 76.7 Å². The number of nitrogens with one attached hydrogen (secondary N) is 1. The van der Waals surface area contributed by atoms with Crippen molar-refractivity contribution in [3.63, 3.8) is 0 Å². The van der Waals surface area contributed by atoms with Crippen LogP contribution in [0.4, 0.5) is 4.39 Å². The van der Waals surface area contributed by atoms with Crippen molar-refractivity contribution in [1.29, 1.82) is 0 Å². The average Bonchev–Trinajstić information content (AvgIpc) is 3.22. The third kappa shape index (κ3) is 6.48. The van der Waals surface area contributed by atoms with Crippen LogP contribution in [0.25, 0.3) is 5.69 Å². The van der Waals surface area contributed by atoms with Crippen LogP contribution >= 0.6 is 0 Å². The molecule has 1 aromatic heterocycles. The third-order valence-corrected chi connectivity index (χ3v) is 5.87. The second kappa shape index (κ2) is 10.9. The van der Waals surface area contributed by atoms with E-state index < -0.39 is 35.3 Å². The Labute approximate surface area is 209 Å². The van der Waals surface area contributed by atoms with Gasteiger partial charge in [0.15, 0.2) is 5.69 Å². The van der Waals surface area contributed by atoms with Crippen LogP contribution in [0.3, 0.4) is 0 Å². The summed E-state index contributed by atoms with van der Waals surface area (Å²) in [6, 6.07) is 12.0. The Balaban J connectivity index is 1.96. The van der Waals surface area contributed by atoms with Crippen molar-refractivity contribution in [2.24, 2.45) is 5.41 Å². The highest BCUT2D eigenvalue weighted by Crippen LogP contribution is 2.26. The monoisotopic (exact) mass is 497 g/mol. The van der Waals surface area contributed by atoms with Gasteiger partial charge in [0.1, 0.15) is 18.1 Å². The Morgan fingerprint density at radius 3 is 2.47 bits per heavy atom. The number of hydrogen-bond donors (Lipinski definition) is 3. The Kier molecular flexibility index (Phi) is 8.14. The molecule has 0 aliphatic carbocycles. The number of nitrogens with zero attached hydrogens (tertiary/aromatic N) is 2. The first kappa shape index (κ1) is 26.9. The zero-order valence-electron chi connectivity index (χ0n) is 21.1. The van der Waals surface area contributed by atoms with Crippen LogP contribution in [0, 0.1) is 25.1 Å².